The molecular weight excluding hydrogens is 112 g/mol. The Labute approximate surface area is 56.9 Å². The Kier molecular flexibility index (Phi) is 4.36. The van der Waals surface area contributed by atoms with Gasteiger partial charge in [0.1, 0.15) is 0 Å². The summed E-state index contributed by atoms with van der Waals surface area (Å²) in [5.74, 6) is 0.405. The summed E-state index contributed by atoms with van der Waals surface area (Å²) in [5.41, 5.74) is 11.1. The van der Waals surface area contributed by atoms with Gasteiger partial charge in [0.15, 0.2) is 0 Å². The molecular formula is C7H16N2. The Hall–Kier alpha value is -0.340. The normalized spacial score (nSPS) is 16.8. The van der Waals surface area contributed by atoms with Crippen LogP contribution in [0.4, 0.5) is 0 Å². The average molecular weight is 128 g/mol. The van der Waals surface area contributed by atoms with Crippen LogP contribution in [0.25, 0.3) is 0 Å². The van der Waals surface area contributed by atoms with Crippen LogP contribution in [0.5, 0.6) is 0 Å². The second-order valence-corrected chi connectivity index (χ2v) is 2.22. The summed E-state index contributed by atoms with van der Waals surface area (Å²) in [7, 11) is 0. The maximum Gasteiger partial charge on any atom is 0.0261 e. The van der Waals surface area contributed by atoms with Crippen LogP contribution in [0.1, 0.15) is 13.3 Å². The van der Waals surface area contributed by atoms with Crippen LogP contribution in [0, 0.1) is 5.92 Å². The molecule has 0 amide bonds. The summed E-state index contributed by atoms with van der Waals surface area (Å²) < 4.78 is 0. The first kappa shape index (κ1) is 8.66. The van der Waals surface area contributed by atoms with Gasteiger partial charge in [-0.2, -0.15) is 0 Å². The summed E-state index contributed by atoms with van der Waals surface area (Å²) in [6.45, 7) is 6.34. The van der Waals surface area contributed by atoms with Gasteiger partial charge in [-0.25, -0.2) is 0 Å². The molecule has 0 aromatic heterocycles. The molecule has 0 radical (unpaired) electrons. The molecule has 0 aliphatic carbocycles. The highest BCUT2D eigenvalue weighted by Gasteiger charge is 2.09. The summed E-state index contributed by atoms with van der Waals surface area (Å²) in [5, 5.41) is 0. The Morgan fingerprint density at radius 2 is 2.22 bits per heavy atom. The molecule has 0 fully saturated rings. The quantitative estimate of drug-likeness (QED) is 0.541. The van der Waals surface area contributed by atoms with E-state index in [4.69, 9.17) is 11.5 Å². The Balaban J connectivity index is 3.63. The van der Waals surface area contributed by atoms with Gasteiger partial charge in [0.2, 0.25) is 0 Å². The first-order chi connectivity index (χ1) is 4.26. The monoisotopic (exact) mass is 128 g/mol. The minimum Gasteiger partial charge on any atom is -0.330 e. The molecule has 0 heterocycles. The van der Waals surface area contributed by atoms with Crippen molar-refractivity contribution < 1.29 is 0 Å². The van der Waals surface area contributed by atoms with Crippen molar-refractivity contribution in [2.75, 3.05) is 6.54 Å². The highest BCUT2D eigenvalue weighted by Crippen LogP contribution is 2.04. The smallest absolute Gasteiger partial charge is 0.0261 e. The van der Waals surface area contributed by atoms with Crippen LogP contribution >= 0.6 is 0 Å². The third-order valence-electron chi connectivity index (χ3n) is 1.64. The zero-order chi connectivity index (χ0) is 7.28. The minimum atomic E-state index is 0.0694. The lowest BCUT2D eigenvalue weighted by molar-refractivity contribution is 0.470. The molecule has 0 saturated heterocycles. The average Bonchev–Trinajstić information content (AvgIpc) is 1.90. The second-order valence-electron chi connectivity index (χ2n) is 2.22. The molecule has 0 aliphatic rings. The van der Waals surface area contributed by atoms with E-state index in [-0.39, 0.29) is 6.04 Å². The van der Waals surface area contributed by atoms with Crippen molar-refractivity contribution in [2.45, 2.75) is 19.4 Å². The fraction of sp³-hybridized carbons (Fsp3) is 0.714. The molecule has 2 nitrogen and oxygen atoms in total. The zero-order valence-corrected chi connectivity index (χ0v) is 6.01. The van der Waals surface area contributed by atoms with Gasteiger partial charge >= 0.3 is 0 Å². The lowest BCUT2D eigenvalue weighted by Gasteiger charge is -2.16. The molecule has 0 bridgehead atoms. The van der Waals surface area contributed by atoms with Gasteiger partial charge in [-0.05, 0) is 12.5 Å². The van der Waals surface area contributed by atoms with Crippen molar-refractivity contribution in [3.8, 4) is 0 Å². The molecule has 0 saturated carbocycles. The predicted octanol–water partition coefficient (Wildman–Crippen LogP) is 0.485. The largest absolute Gasteiger partial charge is 0.330 e. The van der Waals surface area contributed by atoms with Crippen LogP contribution in [0.2, 0.25) is 0 Å². The fourth-order valence-corrected chi connectivity index (χ4v) is 0.788. The molecule has 0 rings (SSSR count). The number of nitrogens with two attached hydrogens (primary N) is 2. The van der Waals surface area contributed by atoms with Crippen molar-refractivity contribution in [3.05, 3.63) is 12.7 Å². The molecule has 2 atom stereocenters. The van der Waals surface area contributed by atoms with Crippen LogP contribution in [0.15, 0.2) is 12.7 Å². The topological polar surface area (TPSA) is 52.0 Å². The van der Waals surface area contributed by atoms with E-state index < -0.39 is 0 Å². The Morgan fingerprint density at radius 3 is 2.33 bits per heavy atom. The summed E-state index contributed by atoms with van der Waals surface area (Å²) in [6.07, 6.45) is 2.78. The second kappa shape index (κ2) is 4.53. The van der Waals surface area contributed by atoms with E-state index in [1.165, 1.54) is 0 Å². The van der Waals surface area contributed by atoms with E-state index in [0.29, 0.717) is 12.5 Å². The maximum absolute atomic E-state index is 5.64. The first-order valence-corrected chi connectivity index (χ1v) is 3.34. The standard InChI is InChI=1S/C7H16N2/c1-3-6(5-8)7(9)4-2/h4,6-7H,2-3,5,8-9H2,1H3. The van der Waals surface area contributed by atoms with Crippen molar-refractivity contribution in [2.24, 2.45) is 17.4 Å². The van der Waals surface area contributed by atoms with E-state index >= 15 is 0 Å². The van der Waals surface area contributed by atoms with E-state index in [0.717, 1.165) is 6.42 Å². The molecule has 54 valence electrons. The van der Waals surface area contributed by atoms with Crippen LogP contribution < -0.4 is 11.5 Å². The molecule has 0 aromatic rings. The number of rotatable bonds is 4. The number of hydrogen-bond donors (Lipinski definition) is 2. The van der Waals surface area contributed by atoms with E-state index in [1.807, 2.05) is 0 Å². The van der Waals surface area contributed by atoms with Gasteiger partial charge in [0, 0.05) is 6.04 Å². The van der Waals surface area contributed by atoms with Gasteiger partial charge < -0.3 is 11.5 Å². The van der Waals surface area contributed by atoms with Crippen LogP contribution in [-0.4, -0.2) is 12.6 Å². The highest BCUT2D eigenvalue weighted by molar-refractivity contribution is 4.87. The maximum atomic E-state index is 5.64. The third-order valence-corrected chi connectivity index (χ3v) is 1.64. The van der Waals surface area contributed by atoms with Gasteiger partial charge in [0.25, 0.3) is 0 Å². The molecule has 2 heteroatoms. The predicted molar refractivity (Wildman–Crippen MR) is 41.0 cm³/mol. The van der Waals surface area contributed by atoms with Gasteiger partial charge in [0.05, 0.1) is 0 Å². The zero-order valence-electron chi connectivity index (χ0n) is 6.01. The minimum absolute atomic E-state index is 0.0694. The van der Waals surface area contributed by atoms with Gasteiger partial charge in [-0.15, -0.1) is 6.58 Å². The molecule has 9 heavy (non-hydrogen) atoms. The molecule has 2 unspecified atom stereocenters. The first-order valence-electron chi connectivity index (χ1n) is 3.34. The Morgan fingerprint density at radius 1 is 1.67 bits per heavy atom. The SMILES string of the molecule is C=CC(N)C(CC)CN. The van der Waals surface area contributed by atoms with E-state index in [2.05, 4.69) is 13.5 Å². The lowest BCUT2D eigenvalue weighted by Crippen LogP contribution is -2.32. The third kappa shape index (κ3) is 2.63. The van der Waals surface area contributed by atoms with Crippen molar-refractivity contribution in [3.63, 3.8) is 0 Å². The lowest BCUT2D eigenvalue weighted by atomic mass is 9.98. The van der Waals surface area contributed by atoms with E-state index in [9.17, 15) is 0 Å². The van der Waals surface area contributed by atoms with Gasteiger partial charge in [-0.1, -0.05) is 19.4 Å². The summed E-state index contributed by atoms with van der Waals surface area (Å²) in [6, 6.07) is 0.0694. The van der Waals surface area contributed by atoms with Gasteiger partial charge in [-0.3, -0.25) is 0 Å². The number of hydrogen-bond acceptors (Lipinski definition) is 2. The molecule has 4 N–H and O–H groups in total. The van der Waals surface area contributed by atoms with Crippen LogP contribution in [-0.2, 0) is 0 Å². The molecule has 0 aromatic carbocycles. The van der Waals surface area contributed by atoms with Crippen molar-refractivity contribution in [1.82, 2.24) is 0 Å². The molecule has 0 aliphatic heterocycles. The summed E-state index contributed by atoms with van der Waals surface area (Å²) in [4.78, 5) is 0. The summed E-state index contributed by atoms with van der Waals surface area (Å²) >= 11 is 0. The molecule has 0 spiro atoms. The van der Waals surface area contributed by atoms with Crippen LogP contribution in [0.3, 0.4) is 0 Å². The van der Waals surface area contributed by atoms with E-state index in [1.54, 1.807) is 6.08 Å². The highest BCUT2D eigenvalue weighted by atomic mass is 14.7. The van der Waals surface area contributed by atoms with Crippen molar-refractivity contribution >= 4 is 0 Å². The Bertz CT molecular complexity index is 77.0. The van der Waals surface area contributed by atoms with Crippen molar-refractivity contribution in [1.29, 1.82) is 0 Å². The fourth-order valence-electron chi connectivity index (χ4n) is 0.788.